The van der Waals surface area contributed by atoms with Crippen LogP contribution in [0.15, 0.2) is 59.5 Å². The van der Waals surface area contributed by atoms with Crippen molar-refractivity contribution < 1.29 is 14.3 Å². The number of hydrogen-bond donors (Lipinski definition) is 0. The number of pyridine rings is 1. The molecule has 3 heterocycles. The van der Waals surface area contributed by atoms with Gasteiger partial charge in [0.15, 0.2) is 0 Å². The first-order chi connectivity index (χ1) is 12.7. The molecule has 0 amide bonds. The molecule has 0 saturated carbocycles. The summed E-state index contributed by atoms with van der Waals surface area (Å²) in [4.78, 5) is 28.2. The van der Waals surface area contributed by atoms with Crippen molar-refractivity contribution in [1.82, 2.24) is 9.38 Å². The molecule has 4 rings (SSSR count). The molecule has 1 aliphatic heterocycles. The first-order valence-electron chi connectivity index (χ1n) is 8.27. The Morgan fingerprint density at radius 3 is 3.12 bits per heavy atom. The molecular weight excluding hydrogens is 332 g/mol. The third kappa shape index (κ3) is 3.35. The van der Waals surface area contributed by atoms with Gasteiger partial charge in [-0.3, -0.25) is 9.20 Å². The van der Waals surface area contributed by atoms with Crippen molar-refractivity contribution in [2.45, 2.75) is 13.0 Å². The van der Waals surface area contributed by atoms with Crippen molar-refractivity contribution in [1.29, 1.82) is 0 Å². The van der Waals surface area contributed by atoms with E-state index in [9.17, 15) is 9.59 Å². The highest BCUT2D eigenvalue weighted by Gasteiger charge is 2.11. The number of fused-ring (bicyclic) bond motifs is 2. The van der Waals surface area contributed by atoms with Gasteiger partial charge in [0, 0.05) is 24.8 Å². The summed E-state index contributed by atoms with van der Waals surface area (Å²) in [6.45, 7) is 0.644. The Morgan fingerprint density at radius 2 is 2.19 bits per heavy atom. The second-order valence-electron chi connectivity index (χ2n) is 5.92. The van der Waals surface area contributed by atoms with E-state index in [4.69, 9.17) is 9.47 Å². The second-order valence-corrected chi connectivity index (χ2v) is 5.92. The molecule has 1 aliphatic rings. The summed E-state index contributed by atoms with van der Waals surface area (Å²) in [5.74, 6) is 0.412. The molecule has 0 spiro atoms. The number of carbonyl (C=O) groups excluding carboxylic acids is 1. The van der Waals surface area contributed by atoms with Crippen LogP contribution in [0.4, 0.5) is 0 Å². The van der Waals surface area contributed by atoms with Crippen molar-refractivity contribution in [2.24, 2.45) is 0 Å². The van der Waals surface area contributed by atoms with E-state index >= 15 is 0 Å². The van der Waals surface area contributed by atoms with Crippen molar-refractivity contribution >= 4 is 17.7 Å². The van der Waals surface area contributed by atoms with E-state index in [2.05, 4.69) is 4.98 Å². The van der Waals surface area contributed by atoms with Gasteiger partial charge >= 0.3 is 5.97 Å². The number of aromatic nitrogens is 2. The predicted molar refractivity (Wildman–Crippen MR) is 95.9 cm³/mol. The van der Waals surface area contributed by atoms with Crippen LogP contribution in [0, 0.1) is 0 Å². The Morgan fingerprint density at radius 1 is 1.27 bits per heavy atom. The Bertz CT molecular complexity index is 1070. The molecule has 130 valence electrons. The minimum atomic E-state index is -0.489. The summed E-state index contributed by atoms with van der Waals surface area (Å²) in [6.07, 6.45) is 5.59. The van der Waals surface area contributed by atoms with E-state index < -0.39 is 5.97 Å². The molecule has 0 N–H and O–H groups in total. The lowest BCUT2D eigenvalue weighted by molar-refractivity contribution is -0.139. The molecular formula is C20H16N2O4. The summed E-state index contributed by atoms with van der Waals surface area (Å²) in [5, 5.41) is 0. The van der Waals surface area contributed by atoms with Gasteiger partial charge in [-0.15, -0.1) is 0 Å². The van der Waals surface area contributed by atoms with Gasteiger partial charge in [-0.25, -0.2) is 9.78 Å². The van der Waals surface area contributed by atoms with E-state index in [1.54, 1.807) is 30.5 Å². The molecule has 6 nitrogen and oxygen atoms in total. The lowest BCUT2D eigenvalue weighted by Crippen LogP contribution is -2.16. The van der Waals surface area contributed by atoms with Gasteiger partial charge in [0.05, 0.1) is 12.3 Å². The first-order valence-corrected chi connectivity index (χ1v) is 8.27. The van der Waals surface area contributed by atoms with Crippen molar-refractivity contribution in [2.75, 3.05) is 6.61 Å². The van der Waals surface area contributed by atoms with Crippen molar-refractivity contribution in [3.05, 3.63) is 81.9 Å². The van der Waals surface area contributed by atoms with Gasteiger partial charge in [-0.05, 0) is 41.5 Å². The van der Waals surface area contributed by atoms with Crippen LogP contribution in [0.2, 0.25) is 0 Å². The van der Waals surface area contributed by atoms with Gasteiger partial charge in [-0.1, -0.05) is 12.1 Å². The van der Waals surface area contributed by atoms with E-state index in [0.717, 1.165) is 23.3 Å². The van der Waals surface area contributed by atoms with Gasteiger partial charge in [0.1, 0.15) is 18.0 Å². The smallest absolute Gasteiger partial charge is 0.331 e. The van der Waals surface area contributed by atoms with E-state index in [-0.39, 0.29) is 12.2 Å². The zero-order valence-corrected chi connectivity index (χ0v) is 13.9. The minimum Gasteiger partial charge on any atom is -0.493 e. The fourth-order valence-corrected chi connectivity index (χ4v) is 2.84. The number of ether oxygens (including phenoxy) is 2. The molecule has 0 unspecified atom stereocenters. The molecule has 0 atom stereocenters. The van der Waals surface area contributed by atoms with Crippen LogP contribution >= 0.6 is 0 Å². The minimum absolute atomic E-state index is 0.0537. The summed E-state index contributed by atoms with van der Waals surface area (Å²) >= 11 is 0. The molecule has 6 heteroatoms. The topological polar surface area (TPSA) is 69.9 Å². The molecule has 3 aromatic rings. The fourth-order valence-electron chi connectivity index (χ4n) is 2.84. The Hall–Kier alpha value is -3.41. The van der Waals surface area contributed by atoms with E-state index in [1.807, 2.05) is 18.2 Å². The number of esters is 1. The van der Waals surface area contributed by atoms with E-state index in [0.29, 0.717) is 17.9 Å². The van der Waals surface area contributed by atoms with Gasteiger partial charge < -0.3 is 9.47 Å². The van der Waals surface area contributed by atoms with Crippen LogP contribution in [0.25, 0.3) is 11.7 Å². The number of nitrogens with zero attached hydrogens (tertiary/aromatic N) is 2. The van der Waals surface area contributed by atoms with Crippen molar-refractivity contribution in [3.8, 4) is 5.75 Å². The third-order valence-electron chi connectivity index (χ3n) is 4.11. The molecule has 2 aromatic heterocycles. The normalized spacial score (nSPS) is 12.9. The maximum absolute atomic E-state index is 12.0. The molecule has 0 aliphatic carbocycles. The van der Waals surface area contributed by atoms with Crippen LogP contribution in [-0.4, -0.2) is 22.0 Å². The largest absolute Gasteiger partial charge is 0.493 e. The average Bonchev–Trinajstić information content (AvgIpc) is 3.12. The molecule has 0 bridgehead atoms. The molecule has 0 radical (unpaired) electrons. The number of hydrogen-bond acceptors (Lipinski definition) is 5. The number of rotatable bonds is 4. The molecule has 26 heavy (non-hydrogen) atoms. The highest BCUT2D eigenvalue weighted by molar-refractivity contribution is 5.87. The summed E-state index contributed by atoms with van der Waals surface area (Å²) < 4.78 is 12.1. The summed E-state index contributed by atoms with van der Waals surface area (Å²) in [7, 11) is 0. The molecule has 0 saturated heterocycles. The van der Waals surface area contributed by atoms with Crippen LogP contribution in [-0.2, 0) is 22.6 Å². The fraction of sp³-hybridized carbons (Fsp3) is 0.150. The van der Waals surface area contributed by atoms with Crippen LogP contribution in [0.3, 0.4) is 0 Å². The Balaban J connectivity index is 1.42. The van der Waals surface area contributed by atoms with Crippen LogP contribution < -0.4 is 10.3 Å². The Labute approximate surface area is 149 Å². The van der Waals surface area contributed by atoms with Crippen LogP contribution in [0.5, 0.6) is 5.75 Å². The second kappa shape index (κ2) is 6.84. The van der Waals surface area contributed by atoms with Gasteiger partial charge in [0.25, 0.3) is 5.56 Å². The zero-order valence-electron chi connectivity index (χ0n) is 13.9. The Kier molecular flexibility index (Phi) is 4.23. The lowest BCUT2D eigenvalue weighted by Gasteiger charge is -2.04. The lowest BCUT2D eigenvalue weighted by atomic mass is 10.1. The standard InChI is InChI=1S/C20H16N2O4/c23-19-12-16(21-18-3-1-2-9-22(18)19)13-26-20(24)7-5-14-4-6-17-15(11-14)8-10-25-17/h1-7,9,11-12H,8,10,13H2/b7-5-. The zero-order chi connectivity index (χ0) is 17.9. The first kappa shape index (κ1) is 16.1. The average molecular weight is 348 g/mol. The maximum atomic E-state index is 12.0. The number of benzene rings is 1. The summed E-state index contributed by atoms with van der Waals surface area (Å²) in [6, 6.07) is 12.4. The molecule has 0 fully saturated rings. The quantitative estimate of drug-likeness (QED) is 0.535. The maximum Gasteiger partial charge on any atom is 0.331 e. The van der Waals surface area contributed by atoms with Gasteiger partial charge in [-0.2, -0.15) is 0 Å². The predicted octanol–water partition coefficient (Wildman–Crippen LogP) is 2.39. The third-order valence-corrected chi connectivity index (χ3v) is 4.11. The van der Waals surface area contributed by atoms with Crippen LogP contribution in [0.1, 0.15) is 16.8 Å². The van der Waals surface area contributed by atoms with Crippen molar-refractivity contribution in [3.63, 3.8) is 0 Å². The SMILES string of the molecule is O=C(/C=C\c1ccc2c(c1)CCO2)OCc1cc(=O)n2ccccc2n1. The highest BCUT2D eigenvalue weighted by Crippen LogP contribution is 2.26. The molecule has 1 aromatic carbocycles. The number of carbonyl (C=O) groups is 1. The van der Waals surface area contributed by atoms with Gasteiger partial charge in [0.2, 0.25) is 0 Å². The summed E-state index contributed by atoms with van der Waals surface area (Å²) in [5.41, 5.74) is 2.77. The van der Waals surface area contributed by atoms with E-state index in [1.165, 1.54) is 16.5 Å². The monoisotopic (exact) mass is 348 g/mol. The highest BCUT2D eigenvalue weighted by atomic mass is 16.5.